The summed E-state index contributed by atoms with van der Waals surface area (Å²) in [4.78, 5) is 32.3. The van der Waals surface area contributed by atoms with Crippen molar-refractivity contribution in [2.75, 3.05) is 0 Å². The highest BCUT2D eigenvalue weighted by Crippen LogP contribution is 2.34. The first-order valence-corrected chi connectivity index (χ1v) is 9.50. The number of fused-ring (bicyclic) bond motifs is 1. The molecule has 1 atom stereocenters. The lowest BCUT2D eigenvalue weighted by atomic mass is 9.89. The van der Waals surface area contributed by atoms with E-state index in [1.807, 2.05) is 0 Å². The van der Waals surface area contributed by atoms with Gasteiger partial charge in [0, 0.05) is 24.1 Å². The van der Waals surface area contributed by atoms with Crippen LogP contribution in [-0.4, -0.2) is 28.1 Å². The normalized spacial score (nSPS) is 13.9. The van der Waals surface area contributed by atoms with Crippen LogP contribution in [0, 0.1) is 11.6 Å². The molecule has 0 spiro atoms. The minimum atomic E-state index is -5.10. The van der Waals surface area contributed by atoms with Crippen molar-refractivity contribution >= 4 is 11.8 Å². The molecule has 11 heteroatoms. The fourth-order valence-electron chi connectivity index (χ4n) is 3.40. The molecule has 3 aromatic rings. The Morgan fingerprint density at radius 3 is 2.61 bits per heavy atom. The second-order valence-electron chi connectivity index (χ2n) is 7.10. The van der Waals surface area contributed by atoms with E-state index in [2.05, 4.69) is 14.7 Å². The van der Waals surface area contributed by atoms with Gasteiger partial charge in [0.25, 0.3) is 0 Å². The Bertz CT molecular complexity index is 1250. The molecular formula is C22H13F5N2O4. The molecule has 0 fully saturated rings. The SMILES string of the molecule is O=C1Cc2ccc(C(=O)C[C@@H](c3ccc(OC(F)(F)F)c(F)c3)c3ncccc3F)nc2O1. The smallest absolute Gasteiger partial charge is 0.407 e. The Kier molecular flexibility index (Phi) is 5.79. The highest BCUT2D eigenvalue weighted by Gasteiger charge is 2.33. The number of nitrogens with zero attached hydrogens (tertiary/aromatic N) is 2. The summed E-state index contributed by atoms with van der Waals surface area (Å²) in [6.07, 6.45) is -4.26. The molecule has 0 aliphatic carbocycles. The molecule has 0 saturated heterocycles. The summed E-state index contributed by atoms with van der Waals surface area (Å²) in [7, 11) is 0. The van der Waals surface area contributed by atoms with E-state index in [9.17, 15) is 31.5 Å². The quantitative estimate of drug-likeness (QED) is 0.303. The van der Waals surface area contributed by atoms with Crippen LogP contribution in [0.3, 0.4) is 0 Å². The van der Waals surface area contributed by atoms with E-state index in [0.29, 0.717) is 5.56 Å². The molecule has 6 nitrogen and oxygen atoms in total. The van der Waals surface area contributed by atoms with Crippen molar-refractivity contribution in [1.82, 2.24) is 9.97 Å². The van der Waals surface area contributed by atoms with E-state index >= 15 is 0 Å². The number of alkyl halides is 3. The lowest BCUT2D eigenvalue weighted by Gasteiger charge is -2.18. The molecule has 2 aromatic heterocycles. The summed E-state index contributed by atoms with van der Waals surface area (Å²) < 4.78 is 74.7. The van der Waals surface area contributed by atoms with Crippen LogP contribution in [0.15, 0.2) is 48.7 Å². The second kappa shape index (κ2) is 8.57. The first-order chi connectivity index (χ1) is 15.6. The minimum Gasteiger partial charge on any atom is -0.407 e. The molecule has 1 aliphatic heterocycles. The summed E-state index contributed by atoms with van der Waals surface area (Å²) in [6, 6.07) is 7.83. The summed E-state index contributed by atoms with van der Waals surface area (Å²) in [5.41, 5.74) is 0.219. The molecule has 0 amide bonds. The van der Waals surface area contributed by atoms with E-state index in [-0.39, 0.29) is 29.3 Å². The van der Waals surface area contributed by atoms with Gasteiger partial charge in [-0.15, -0.1) is 13.2 Å². The summed E-state index contributed by atoms with van der Waals surface area (Å²) in [6.45, 7) is 0. The molecule has 170 valence electrons. The van der Waals surface area contributed by atoms with Crippen LogP contribution in [0.2, 0.25) is 0 Å². The Balaban J connectivity index is 1.68. The van der Waals surface area contributed by atoms with Gasteiger partial charge in [0.2, 0.25) is 5.88 Å². The number of hydrogen-bond donors (Lipinski definition) is 0. The number of carbonyl (C=O) groups excluding carboxylic acids is 2. The van der Waals surface area contributed by atoms with Crippen molar-refractivity contribution in [2.45, 2.75) is 25.1 Å². The van der Waals surface area contributed by atoms with E-state index in [0.717, 1.165) is 24.3 Å². The number of hydrogen-bond acceptors (Lipinski definition) is 6. The number of carbonyl (C=O) groups is 2. The predicted molar refractivity (Wildman–Crippen MR) is 102 cm³/mol. The van der Waals surface area contributed by atoms with Crippen LogP contribution >= 0.6 is 0 Å². The summed E-state index contributed by atoms with van der Waals surface area (Å²) in [5, 5.41) is 0. The van der Waals surface area contributed by atoms with E-state index in [1.54, 1.807) is 0 Å². The Labute approximate surface area is 183 Å². The van der Waals surface area contributed by atoms with Crippen molar-refractivity contribution in [1.29, 1.82) is 0 Å². The number of ketones is 1. The third-order valence-electron chi connectivity index (χ3n) is 4.86. The number of benzene rings is 1. The molecule has 0 radical (unpaired) electrons. The number of aromatic nitrogens is 2. The third kappa shape index (κ3) is 4.97. The van der Waals surface area contributed by atoms with Gasteiger partial charge in [-0.3, -0.25) is 14.6 Å². The molecule has 0 bridgehead atoms. The number of halogens is 5. The summed E-state index contributed by atoms with van der Waals surface area (Å²) in [5.74, 6) is -5.49. The predicted octanol–water partition coefficient (Wildman–Crippen LogP) is 4.52. The molecule has 3 heterocycles. The molecule has 1 aliphatic rings. The van der Waals surface area contributed by atoms with Gasteiger partial charge in [-0.1, -0.05) is 12.1 Å². The average Bonchev–Trinajstić information content (AvgIpc) is 3.12. The molecule has 0 saturated carbocycles. The highest BCUT2D eigenvalue weighted by atomic mass is 19.4. The van der Waals surface area contributed by atoms with Gasteiger partial charge < -0.3 is 9.47 Å². The van der Waals surface area contributed by atoms with Crippen LogP contribution in [0.1, 0.15) is 39.6 Å². The zero-order chi connectivity index (χ0) is 23.8. The lowest BCUT2D eigenvalue weighted by molar-refractivity contribution is -0.275. The first-order valence-electron chi connectivity index (χ1n) is 9.50. The maximum absolute atomic E-state index is 14.5. The number of pyridine rings is 2. The number of ether oxygens (including phenoxy) is 2. The Morgan fingerprint density at radius 1 is 1.12 bits per heavy atom. The fourth-order valence-corrected chi connectivity index (χ4v) is 3.40. The monoisotopic (exact) mass is 464 g/mol. The molecule has 0 unspecified atom stereocenters. The molecular weight excluding hydrogens is 451 g/mol. The van der Waals surface area contributed by atoms with Crippen LogP contribution in [0.25, 0.3) is 0 Å². The third-order valence-corrected chi connectivity index (χ3v) is 4.86. The van der Waals surface area contributed by atoms with E-state index < -0.39 is 47.8 Å². The standard InChI is InChI=1S/C22H13F5N2O4/c23-14-2-1-7-28-20(14)13(11-4-6-18(15(24)8-11)33-22(25,26)27)10-17(30)16-5-3-12-9-19(31)32-21(12)29-16/h1-8,13H,9-10H2/t13-/m0/s1. The van der Waals surface area contributed by atoms with Crippen LogP contribution in [0.5, 0.6) is 11.6 Å². The lowest BCUT2D eigenvalue weighted by Crippen LogP contribution is -2.18. The van der Waals surface area contributed by atoms with Crippen LogP contribution < -0.4 is 9.47 Å². The molecule has 0 N–H and O–H groups in total. The second-order valence-corrected chi connectivity index (χ2v) is 7.10. The Hall–Kier alpha value is -3.89. The van der Waals surface area contributed by atoms with Gasteiger partial charge in [-0.2, -0.15) is 0 Å². The van der Waals surface area contributed by atoms with Gasteiger partial charge in [0.05, 0.1) is 12.1 Å². The van der Waals surface area contributed by atoms with Gasteiger partial charge >= 0.3 is 12.3 Å². The zero-order valence-corrected chi connectivity index (χ0v) is 16.5. The Morgan fingerprint density at radius 2 is 1.91 bits per heavy atom. The van der Waals surface area contributed by atoms with Crippen molar-refractivity contribution < 1.29 is 41.0 Å². The number of esters is 1. The van der Waals surface area contributed by atoms with Crippen LogP contribution in [-0.2, 0) is 11.2 Å². The maximum atomic E-state index is 14.5. The van der Waals surface area contributed by atoms with E-state index in [4.69, 9.17) is 4.74 Å². The molecule has 4 rings (SSSR count). The van der Waals surface area contributed by atoms with Gasteiger partial charge in [0.15, 0.2) is 17.3 Å². The molecule has 1 aromatic carbocycles. The fraction of sp³-hybridized carbons (Fsp3) is 0.182. The average molecular weight is 464 g/mol. The van der Waals surface area contributed by atoms with Gasteiger partial charge in [-0.25, -0.2) is 13.8 Å². The minimum absolute atomic E-state index is 0.000521. The summed E-state index contributed by atoms with van der Waals surface area (Å²) >= 11 is 0. The largest absolute Gasteiger partial charge is 0.573 e. The molecule has 33 heavy (non-hydrogen) atoms. The highest BCUT2D eigenvalue weighted by molar-refractivity contribution is 5.95. The van der Waals surface area contributed by atoms with Crippen molar-refractivity contribution in [3.63, 3.8) is 0 Å². The van der Waals surface area contributed by atoms with Gasteiger partial charge in [-0.05, 0) is 35.9 Å². The van der Waals surface area contributed by atoms with E-state index in [1.165, 1.54) is 24.4 Å². The maximum Gasteiger partial charge on any atom is 0.573 e. The van der Waals surface area contributed by atoms with Crippen molar-refractivity contribution in [3.8, 4) is 11.6 Å². The first kappa shape index (κ1) is 22.3. The van der Waals surface area contributed by atoms with Crippen LogP contribution in [0.4, 0.5) is 22.0 Å². The number of Topliss-reactive ketones (excluding diaryl/α,β-unsaturated/α-hetero) is 1. The number of rotatable bonds is 6. The van der Waals surface area contributed by atoms with Crippen molar-refractivity contribution in [3.05, 3.63) is 82.8 Å². The zero-order valence-electron chi connectivity index (χ0n) is 16.5. The topological polar surface area (TPSA) is 78.4 Å². The van der Waals surface area contributed by atoms with Gasteiger partial charge in [0.1, 0.15) is 11.5 Å². The van der Waals surface area contributed by atoms with Crippen molar-refractivity contribution in [2.24, 2.45) is 0 Å².